The fourth-order valence-corrected chi connectivity index (χ4v) is 0.738. The quantitative estimate of drug-likeness (QED) is 0.580. The fourth-order valence-electron chi connectivity index (χ4n) is 0.738. The molecule has 0 rings (SSSR count). The third-order valence-corrected chi connectivity index (χ3v) is 1.63. The van der Waals surface area contributed by atoms with E-state index in [4.69, 9.17) is 4.74 Å². The van der Waals surface area contributed by atoms with Gasteiger partial charge in [-0.2, -0.15) is 0 Å². The summed E-state index contributed by atoms with van der Waals surface area (Å²) in [6, 6.07) is 0. The van der Waals surface area contributed by atoms with Crippen LogP contribution in [-0.2, 0) is 9.53 Å². The van der Waals surface area contributed by atoms with Crippen molar-refractivity contribution in [3.05, 3.63) is 0 Å². The van der Waals surface area contributed by atoms with E-state index in [2.05, 4.69) is 5.32 Å². The van der Waals surface area contributed by atoms with Crippen molar-refractivity contribution >= 4 is 5.78 Å². The number of Topliss-reactive ketones (excluding diaryl/α,β-unsaturated/α-hetero) is 1. The molecule has 0 radical (unpaired) electrons. The summed E-state index contributed by atoms with van der Waals surface area (Å²) in [7, 11) is 1.88. The summed E-state index contributed by atoms with van der Waals surface area (Å²) in [6.45, 7) is 5.91. The van der Waals surface area contributed by atoms with Crippen molar-refractivity contribution < 1.29 is 9.53 Å². The summed E-state index contributed by atoms with van der Waals surface area (Å²) in [5, 5.41) is 2.97. The van der Waals surface area contributed by atoms with Crippen LogP contribution in [0.1, 0.15) is 20.3 Å². The highest BCUT2D eigenvalue weighted by molar-refractivity contribution is 5.80. The molecule has 0 aromatic heterocycles. The van der Waals surface area contributed by atoms with Gasteiger partial charge in [-0.15, -0.1) is 0 Å². The Hall–Kier alpha value is -0.410. The second-order valence-electron chi connectivity index (χ2n) is 3.09. The van der Waals surface area contributed by atoms with Crippen LogP contribution in [-0.4, -0.2) is 32.6 Å². The first-order valence-corrected chi connectivity index (χ1v) is 4.43. The van der Waals surface area contributed by atoms with Crippen LogP contribution < -0.4 is 5.32 Å². The van der Waals surface area contributed by atoms with E-state index in [9.17, 15) is 4.79 Å². The number of likely N-dealkylation sites (N-methyl/N-ethyl adjacent to an activating group) is 1. The molecule has 3 heteroatoms. The molecule has 0 aliphatic heterocycles. The second kappa shape index (κ2) is 7.25. The molecular weight excluding hydrogens is 154 g/mol. The summed E-state index contributed by atoms with van der Waals surface area (Å²) < 4.78 is 5.21. The highest BCUT2D eigenvalue weighted by atomic mass is 16.5. The number of hydrogen-bond donors (Lipinski definition) is 1. The van der Waals surface area contributed by atoms with Gasteiger partial charge in [0.2, 0.25) is 0 Å². The highest BCUT2D eigenvalue weighted by Crippen LogP contribution is 1.98. The van der Waals surface area contributed by atoms with E-state index < -0.39 is 0 Å². The molecule has 1 N–H and O–H groups in total. The lowest BCUT2D eigenvalue weighted by Gasteiger charge is -2.04. The Morgan fingerprint density at radius 3 is 2.58 bits per heavy atom. The average Bonchev–Trinajstić information content (AvgIpc) is 2.03. The number of nitrogens with one attached hydrogen (secondary N) is 1. The van der Waals surface area contributed by atoms with Gasteiger partial charge in [-0.1, -0.05) is 13.8 Å². The number of hydrogen-bond acceptors (Lipinski definition) is 3. The predicted molar refractivity (Wildman–Crippen MR) is 49.2 cm³/mol. The smallest absolute Gasteiger partial charge is 0.137 e. The van der Waals surface area contributed by atoms with Crippen LogP contribution in [0.3, 0.4) is 0 Å². The number of carbonyl (C=O) groups excluding carboxylic acids is 1. The van der Waals surface area contributed by atoms with Gasteiger partial charge in [-0.3, -0.25) is 4.79 Å². The van der Waals surface area contributed by atoms with Crippen LogP contribution in [0.15, 0.2) is 0 Å². The van der Waals surface area contributed by atoms with Gasteiger partial charge < -0.3 is 10.1 Å². The molecule has 0 aliphatic carbocycles. The Balaban J connectivity index is 3.14. The Morgan fingerprint density at radius 1 is 1.42 bits per heavy atom. The molecule has 0 unspecified atom stereocenters. The van der Waals surface area contributed by atoms with E-state index in [-0.39, 0.29) is 11.7 Å². The van der Waals surface area contributed by atoms with E-state index in [0.29, 0.717) is 19.6 Å². The number of rotatable bonds is 7. The third kappa shape index (κ3) is 6.31. The van der Waals surface area contributed by atoms with Crippen molar-refractivity contribution in [1.29, 1.82) is 0 Å². The van der Waals surface area contributed by atoms with Gasteiger partial charge in [-0.25, -0.2) is 0 Å². The van der Waals surface area contributed by atoms with Gasteiger partial charge in [0.05, 0.1) is 13.2 Å². The molecule has 0 fully saturated rings. The molecule has 0 aromatic rings. The van der Waals surface area contributed by atoms with Crippen molar-refractivity contribution in [2.24, 2.45) is 5.92 Å². The van der Waals surface area contributed by atoms with E-state index >= 15 is 0 Å². The van der Waals surface area contributed by atoms with Crippen LogP contribution in [0.25, 0.3) is 0 Å². The Morgan fingerprint density at radius 2 is 2.08 bits per heavy atom. The van der Waals surface area contributed by atoms with Crippen molar-refractivity contribution in [3.8, 4) is 0 Å². The molecule has 72 valence electrons. The zero-order valence-electron chi connectivity index (χ0n) is 8.22. The van der Waals surface area contributed by atoms with E-state index in [1.165, 1.54) is 0 Å². The molecule has 0 aromatic carbocycles. The largest absolute Gasteiger partial charge is 0.380 e. The molecule has 0 atom stereocenters. The van der Waals surface area contributed by atoms with Crippen molar-refractivity contribution in [2.75, 3.05) is 26.8 Å². The molecule has 0 aliphatic rings. The van der Waals surface area contributed by atoms with Crippen LogP contribution >= 0.6 is 0 Å². The molecule has 0 spiro atoms. The van der Waals surface area contributed by atoms with Gasteiger partial charge >= 0.3 is 0 Å². The predicted octanol–water partition coefficient (Wildman–Crippen LogP) is 0.838. The zero-order valence-corrected chi connectivity index (χ0v) is 8.22. The molecule has 12 heavy (non-hydrogen) atoms. The van der Waals surface area contributed by atoms with Crippen LogP contribution in [0.4, 0.5) is 0 Å². The lowest BCUT2D eigenvalue weighted by atomic mass is 10.1. The highest BCUT2D eigenvalue weighted by Gasteiger charge is 2.05. The van der Waals surface area contributed by atoms with Crippen LogP contribution in [0.5, 0.6) is 0 Å². The first kappa shape index (κ1) is 11.6. The minimum atomic E-state index is 0.137. The maximum Gasteiger partial charge on any atom is 0.137 e. The maximum atomic E-state index is 11.1. The Bertz CT molecular complexity index is 124. The summed E-state index contributed by atoms with van der Waals surface area (Å²) in [4.78, 5) is 11.1. The first-order valence-electron chi connectivity index (χ1n) is 4.43. The van der Waals surface area contributed by atoms with E-state index in [1.54, 1.807) is 0 Å². The molecule has 0 saturated heterocycles. The summed E-state index contributed by atoms with van der Waals surface area (Å²) in [5.41, 5.74) is 0. The number of ketones is 1. The minimum absolute atomic E-state index is 0.137. The lowest BCUT2D eigenvalue weighted by Crippen LogP contribution is -2.16. The second-order valence-corrected chi connectivity index (χ2v) is 3.09. The molecular formula is C9H19NO2. The maximum absolute atomic E-state index is 11.1. The molecule has 0 bridgehead atoms. The molecule has 0 saturated carbocycles. The summed E-state index contributed by atoms with van der Waals surface area (Å²) in [5.74, 6) is 0.414. The molecule has 0 amide bonds. The minimum Gasteiger partial charge on any atom is -0.380 e. The first-order chi connectivity index (χ1) is 5.68. The number of carbonyl (C=O) groups is 1. The van der Waals surface area contributed by atoms with Gasteiger partial charge in [0.1, 0.15) is 5.78 Å². The third-order valence-electron chi connectivity index (χ3n) is 1.63. The van der Waals surface area contributed by atoms with E-state index in [1.807, 2.05) is 20.9 Å². The number of ether oxygens (including phenoxy) is 1. The Kier molecular flexibility index (Phi) is 7.00. The SMILES string of the molecule is CNCCOCCC(=O)C(C)C. The van der Waals surface area contributed by atoms with Crippen molar-refractivity contribution in [3.63, 3.8) is 0 Å². The normalized spacial score (nSPS) is 10.7. The zero-order chi connectivity index (χ0) is 9.40. The summed E-state index contributed by atoms with van der Waals surface area (Å²) >= 11 is 0. The van der Waals surface area contributed by atoms with Gasteiger partial charge in [0.15, 0.2) is 0 Å². The van der Waals surface area contributed by atoms with Gasteiger partial charge in [-0.05, 0) is 7.05 Å². The fraction of sp³-hybridized carbons (Fsp3) is 0.889. The summed E-state index contributed by atoms with van der Waals surface area (Å²) in [6.07, 6.45) is 0.543. The molecule has 0 heterocycles. The average molecular weight is 173 g/mol. The lowest BCUT2D eigenvalue weighted by molar-refractivity contribution is -0.122. The molecule has 3 nitrogen and oxygen atoms in total. The topological polar surface area (TPSA) is 38.3 Å². The van der Waals surface area contributed by atoms with E-state index in [0.717, 1.165) is 6.54 Å². The van der Waals surface area contributed by atoms with Crippen molar-refractivity contribution in [1.82, 2.24) is 5.32 Å². The Labute approximate surface area is 74.5 Å². The van der Waals surface area contributed by atoms with Crippen molar-refractivity contribution in [2.45, 2.75) is 20.3 Å². The van der Waals surface area contributed by atoms with Crippen LogP contribution in [0, 0.1) is 5.92 Å². The monoisotopic (exact) mass is 173 g/mol. The van der Waals surface area contributed by atoms with Gasteiger partial charge in [0, 0.05) is 18.9 Å². The van der Waals surface area contributed by atoms with Crippen LogP contribution in [0.2, 0.25) is 0 Å². The van der Waals surface area contributed by atoms with Gasteiger partial charge in [0.25, 0.3) is 0 Å². The standard InChI is InChI=1S/C9H19NO2/c1-8(2)9(11)4-6-12-7-5-10-3/h8,10H,4-7H2,1-3H3.